The summed E-state index contributed by atoms with van der Waals surface area (Å²) in [7, 11) is 0. The minimum atomic E-state index is -0.902. The normalized spacial score (nSPS) is 45.0. The van der Waals surface area contributed by atoms with Crippen molar-refractivity contribution in [2.75, 3.05) is 0 Å². The molecule has 1 saturated heterocycles. The third-order valence-corrected chi connectivity index (χ3v) is 3.79. The van der Waals surface area contributed by atoms with Crippen LogP contribution in [-0.2, 0) is 0 Å². The van der Waals surface area contributed by atoms with E-state index in [2.05, 4.69) is 0 Å². The van der Waals surface area contributed by atoms with E-state index in [0.717, 1.165) is 0 Å². The van der Waals surface area contributed by atoms with Crippen LogP contribution < -0.4 is 0 Å². The second-order valence-corrected chi connectivity index (χ2v) is 4.42. The fourth-order valence-electron chi connectivity index (χ4n) is 0.763. The van der Waals surface area contributed by atoms with Crippen molar-refractivity contribution in [3.8, 4) is 0 Å². The molecule has 9 heavy (non-hydrogen) atoms. The Balaban J connectivity index is 2.41. The van der Waals surface area contributed by atoms with Crippen LogP contribution in [0.3, 0.4) is 0 Å². The van der Waals surface area contributed by atoms with Gasteiger partial charge < -0.3 is 0 Å². The van der Waals surface area contributed by atoms with Crippen molar-refractivity contribution in [2.45, 2.75) is 29.0 Å². The van der Waals surface area contributed by atoms with E-state index in [9.17, 15) is 0 Å². The molecule has 0 bridgehead atoms. The van der Waals surface area contributed by atoms with Crippen LogP contribution >= 0.6 is 0 Å². The molecule has 1 aliphatic rings. The van der Waals surface area contributed by atoms with Crippen molar-refractivity contribution in [1.29, 1.82) is 0 Å². The summed E-state index contributed by atoms with van der Waals surface area (Å²) in [6, 6.07) is 0. The number of hydrogen-bond acceptors (Lipinski definition) is 3. The molecule has 0 aromatic carbocycles. The van der Waals surface area contributed by atoms with Gasteiger partial charge in [-0.2, -0.15) is 0 Å². The van der Waals surface area contributed by atoms with Gasteiger partial charge in [0.2, 0.25) is 0 Å². The van der Waals surface area contributed by atoms with Gasteiger partial charge in [0.05, 0.1) is 0 Å². The van der Waals surface area contributed by atoms with Gasteiger partial charge >= 0.3 is 59.2 Å². The molecule has 1 fully saturated rings. The third kappa shape index (κ3) is 1.66. The Hall–Kier alpha value is 0.399. The van der Waals surface area contributed by atoms with E-state index >= 15 is 0 Å². The Kier molecular flexibility index (Phi) is 2.49. The maximum absolute atomic E-state index is 8.96. The van der Waals surface area contributed by atoms with Gasteiger partial charge in [-0.1, -0.05) is 0 Å². The summed E-state index contributed by atoms with van der Waals surface area (Å²) >= 11 is 0.318. The van der Waals surface area contributed by atoms with Crippen LogP contribution in [-0.4, -0.2) is 48.6 Å². The summed E-state index contributed by atoms with van der Waals surface area (Å²) in [4.78, 5) is 0. The zero-order chi connectivity index (χ0) is 6.85. The number of aliphatic hydroxyl groups is 3. The molecule has 3 nitrogen and oxygen atoms in total. The average molecular weight is 197 g/mol. The Bertz CT molecular complexity index is 88.2. The fraction of sp³-hybridized carbons (Fsp3) is 1.00. The van der Waals surface area contributed by atoms with Gasteiger partial charge in [-0.05, 0) is 0 Å². The van der Waals surface area contributed by atoms with Crippen molar-refractivity contribution < 1.29 is 15.3 Å². The monoisotopic (exact) mass is 198 g/mol. The molecule has 1 heterocycles. The molecule has 0 aromatic rings. The SMILES string of the molecule is O[C@H]1[C@H](O)C[Se]C[C@@H]1O. The number of aliphatic hydroxyl groups excluding tert-OH is 3. The van der Waals surface area contributed by atoms with E-state index in [0.29, 0.717) is 25.6 Å². The van der Waals surface area contributed by atoms with Crippen LogP contribution in [0.2, 0.25) is 10.6 Å². The van der Waals surface area contributed by atoms with Gasteiger partial charge in [0.15, 0.2) is 0 Å². The van der Waals surface area contributed by atoms with Gasteiger partial charge in [-0.25, -0.2) is 0 Å². The topological polar surface area (TPSA) is 60.7 Å². The number of hydrogen-bond donors (Lipinski definition) is 3. The van der Waals surface area contributed by atoms with Crippen molar-refractivity contribution in [2.24, 2.45) is 0 Å². The standard InChI is InChI=1S/C5H10O3Se/c6-3-1-9-2-4(7)5(3)8/h3-8H,1-2H2/t3-,4+,5+. The summed E-state index contributed by atoms with van der Waals surface area (Å²) < 4.78 is 0. The first-order valence-electron chi connectivity index (χ1n) is 2.84. The second kappa shape index (κ2) is 2.99. The molecule has 0 radical (unpaired) electrons. The first kappa shape index (κ1) is 7.51. The van der Waals surface area contributed by atoms with Gasteiger partial charge in [-0.15, -0.1) is 0 Å². The zero-order valence-corrected chi connectivity index (χ0v) is 6.61. The molecule has 0 aliphatic carbocycles. The van der Waals surface area contributed by atoms with E-state index < -0.39 is 18.3 Å². The predicted octanol–water partition coefficient (Wildman–Crippen LogP) is -1.38. The first-order chi connectivity index (χ1) is 4.22. The number of rotatable bonds is 0. The average Bonchev–Trinajstić information content (AvgIpc) is 1.83. The van der Waals surface area contributed by atoms with Crippen LogP contribution in [0.25, 0.3) is 0 Å². The molecule has 0 spiro atoms. The summed E-state index contributed by atoms with van der Waals surface area (Å²) in [5.74, 6) is 0. The molecule has 0 unspecified atom stereocenters. The molecule has 0 amide bonds. The minimum absolute atomic E-state index is 0.318. The molecule has 3 atom stereocenters. The van der Waals surface area contributed by atoms with Gasteiger partial charge in [-0.3, -0.25) is 0 Å². The zero-order valence-electron chi connectivity index (χ0n) is 4.90. The van der Waals surface area contributed by atoms with E-state index in [-0.39, 0.29) is 0 Å². The van der Waals surface area contributed by atoms with E-state index in [4.69, 9.17) is 15.3 Å². The Morgan fingerprint density at radius 1 is 1.00 bits per heavy atom. The molecule has 0 saturated carbocycles. The third-order valence-electron chi connectivity index (χ3n) is 1.37. The van der Waals surface area contributed by atoms with Crippen molar-refractivity contribution in [1.82, 2.24) is 0 Å². The molecule has 0 aromatic heterocycles. The van der Waals surface area contributed by atoms with Crippen molar-refractivity contribution in [3.05, 3.63) is 0 Å². The molecule has 1 rings (SSSR count). The molecule has 4 heteroatoms. The maximum atomic E-state index is 8.96. The van der Waals surface area contributed by atoms with Crippen molar-refractivity contribution in [3.63, 3.8) is 0 Å². The van der Waals surface area contributed by atoms with Crippen LogP contribution in [0, 0.1) is 0 Å². The van der Waals surface area contributed by atoms with Crippen LogP contribution in [0.5, 0.6) is 0 Å². The van der Waals surface area contributed by atoms with Crippen LogP contribution in [0.15, 0.2) is 0 Å². The molecule has 54 valence electrons. The quantitative estimate of drug-likeness (QED) is 0.419. The van der Waals surface area contributed by atoms with E-state index in [1.165, 1.54) is 0 Å². The molecule has 3 N–H and O–H groups in total. The Morgan fingerprint density at radius 2 is 1.44 bits per heavy atom. The Morgan fingerprint density at radius 3 is 1.78 bits per heavy atom. The fourth-order valence-corrected chi connectivity index (χ4v) is 2.89. The Labute approximate surface area is 59.9 Å². The van der Waals surface area contributed by atoms with Gasteiger partial charge in [0.1, 0.15) is 0 Å². The van der Waals surface area contributed by atoms with Crippen molar-refractivity contribution >= 4 is 15.0 Å². The molecule has 1 aliphatic heterocycles. The molecular formula is C5H10O3Se. The van der Waals surface area contributed by atoms with Crippen LogP contribution in [0.1, 0.15) is 0 Å². The summed E-state index contributed by atoms with van der Waals surface area (Å²) in [5, 5.41) is 28.2. The van der Waals surface area contributed by atoms with E-state index in [1.807, 2.05) is 0 Å². The first-order valence-corrected chi connectivity index (χ1v) is 5.26. The van der Waals surface area contributed by atoms with Gasteiger partial charge in [0.25, 0.3) is 0 Å². The van der Waals surface area contributed by atoms with Crippen LogP contribution in [0.4, 0.5) is 0 Å². The second-order valence-electron chi connectivity index (χ2n) is 2.16. The summed E-state index contributed by atoms with van der Waals surface area (Å²) in [5.41, 5.74) is 0. The summed E-state index contributed by atoms with van der Waals surface area (Å²) in [6.07, 6.45) is -2.27. The van der Waals surface area contributed by atoms with E-state index in [1.54, 1.807) is 0 Å². The molecular weight excluding hydrogens is 187 g/mol. The summed E-state index contributed by atoms with van der Waals surface area (Å²) in [6.45, 7) is 0. The van der Waals surface area contributed by atoms with Gasteiger partial charge in [0, 0.05) is 0 Å². The predicted molar refractivity (Wildman–Crippen MR) is 33.4 cm³/mol.